The topological polar surface area (TPSA) is 29.1 Å². The molecule has 0 aromatic heterocycles. The summed E-state index contributed by atoms with van der Waals surface area (Å²) in [4.78, 5) is 11.0. The van der Waals surface area contributed by atoms with Crippen LogP contribution < -0.4 is 5.32 Å². The van der Waals surface area contributed by atoms with Crippen LogP contribution in [0.4, 0.5) is 10.1 Å². The number of amides is 1. The molecule has 1 aromatic carbocycles. The van der Waals surface area contributed by atoms with E-state index in [9.17, 15) is 9.18 Å². The van der Waals surface area contributed by atoms with Crippen molar-refractivity contribution in [3.8, 4) is 0 Å². The molecule has 0 fully saturated rings. The smallest absolute Gasteiger partial charge is 0.228 e. The average molecular weight is 180 g/mol. The van der Waals surface area contributed by atoms with Crippen LogP contribution in [-0.2, 0) is 4.79 Å². The number of nitrogens with one attached hydrogen (secondary N) is 1. The van der Waals surface area contributed by atoms with Crippen LogP contribution in [0.15, 0.2) is 24.3 Å². The van der Waals surface area contributed by atoms with Crippen LogP contribution in [0.3, 0.4) is 0 Å². The molecule has 1 aromatic rings. The minimum absolute atomic E-state index is 0.158. The maximum Gasteiger partial charge on any atom is 0.228 e. The molecule has 13 heavy (non-hydrogen) atoms. The second-order valence-corrected chi connectivity index (χ2v) is 2.61. The van der Waals surface area contributed by atoms with Crippen LogP contribution in [0, 0.1) is 12.2 Å². The normalized spacial score (nSPS) is 9.69. The molecule has 0 saturated heterocycles. The third kappa shape index (κ3) is 3.23. The van der Waals surface area contributed by atoms with E-state index in [4.69, 9.17) is 0 Å². The summed E-state index contributed by atoms with van der Waals surface area (Å²) in [6, 6.07) is 5.66. The molecule has 69 valence electrons. The van der Waals surface area contributed by atoms with Crippen LogP contribution in [0.5, 0.6) is 0 Å². The molecule has 0 aliphatic heterocycles. The molecule has 0 atom stereocenters. The summed E-state index contributed by atoms with van der Waals surface area (Å²) in [6.45, 7) is 1.88. The summed E-state index contributed by atoms with van der Waals surface area (Å²) < 4.78 is 12.5. The Labute approximate surface area is 76.8 Å². The standard InChI is InChI=1S/C10H11FNO/c1-2-3-10(13)12-9-6-4-8(11)5-7-9/h3-7H,2H2,1H3,(H,12,13). The van der Waals surface area contributed by atoms with Gasteiger partial charge in [-0.1, -0.05) is 6.92 Å². The molecule has 0 unspecified atom stereocenters. The molecule has 1 amide bonds. The van der Waals surface area contributed by atoms with Crippen LogP contribution >= 0.6 is 0 Å². The van der Waals surface area contributed by atoms with Crippen molar-refractivity contribution in [1.29, 1.82) is 0 Å². The van der Waals surface area contributed by atoms with E-state index in [1.54, 1.807) is 0 Å². The van der Waals surface area contributed by atoms with Crippen molar-refractivity contribution in [2.24, 2.45) is 0 Å². The van der Waals surface area contributed by atoms with E-state index in [0.717, 1.165) is 0 Å². The van der Waals surface area contributed by atoms with Gasteiger partial charge >= 0.3 is 0 Å². The fourth-order valence-corrected chi connectivity index (χ4v) is 0.912. The lowest BCUT2D eigenvalue weighted by atomic mass is 10.3. The predicted molar refractivity (Wildman–Crippen MR) is 49.6 cm³/mol. The molecule has 0 aliphatic rings. The van der Waals surface area contributed by atoms with Crippen molar-refractivity contribution >= 4 is 11.6 Å². The minimum Gasteiger partial charge on any atom is -0.326 e. The monoisotopic (exact) mass is 180 g/mol. The first-order valence-electron chi connectivity index (χ1n) is 4.12. The summed E-state index contributed by atoms with van der Waals surface area (Å²) in [5.74, 6) is -0.466. The largest absolute Gasteiger partial charge is 0.326 e. The van der Waals surface area contributed by atoms with E-state index in [1.807, 2.05) is 6.92 Å². The zero-order valence-corrected chi connectivity index (χ0v) is 7.38. The Balaban J connectivity index is 2.54. The molecular formula is C10H11FNO. The van der Waals surface area contributed by atoms with Crippen LogP contribution in [0.1, 0.15) is 13.3 Å². The number of hydrogen-bond acceptors (Lipinski definition) is 1. The third-order valence-corrected chi connectivity index (χ3v) is 1.50. The van der Waals surface area contributed by atoms with E-state index in [2.05, 4.69) is 5.32 Å². The molecule has 1 rings (SSSR count). The highest BCUT2D eigenvalue weighted by atomic mass is 19.1. The number of rotatable bonds is 3. The van der Waals surface area contributed by atoms with E-state index in [-0.39, 0.29) is 11.7 Å². The molecule has 0 aliphatic carbocycles. The van der Waals surface area contributed by atoms with E-state index < -0.39 is 0 Å². The average Bonchev–Trinajstić information content (AvgIpc) is 2.09. The van der Waals surface area contributed by atoms with Gasteiger partial charge in [-0.15, -0.1) is 0 Å². The van der Waals surface area contributed by atoms with Gasteiger partial charge in [-0.2, -0.15) is 0 Å². The zero-order valence-electron chi connectivity index (χ0n) is 7.38. The summed E-state index contributed by atoms with van der Waals surface area (Å²) in [5, 5.41) is 2.61. The zero-order chi connectivity index (χ0) is 9.68. The lowest BCUT2D eigenvalue weighted by molar-refractivity contribution is -0.113. The molecule has 1 radical (unpaired) electrons. The van der Waals surface area contributed by atoms with Crippen LogP contribution in [0.2, 0.25) is 0 Å². The molecule has 2 nitrogen and oxygen atoms in total. The molecule has 1 N–H and O–H groups in total. The lowest BCUT2D eigenvalue weighted by Crippen LogP contribution is -2.11. The fraction of sp³-hybridized carbons (Fsp3) is 0.200. The van der Waals surface area contributed by atoms with Crippen molar-refractivity contribution in [3.63, 3.8) is 0 Å². The van der Waals surface area contributed by atoms with Gasteiger partial charge in [-0.3, -0.25) is 4.79 Å². The summed E-state index contributed by atoms with van der Waals surface area (Å²) >= 11 is 0. The second-order valence-electron chi connectivity index (χ2n) is 2.61. The Morgan fingerprint density at radius 1 is 1.46 bits per heavy atom. The molecule has 3 heteroatoms. The highest BCUT2D eigenvalue weighted by molar-refractivity contribution is 5.96. The number of hydrogen-bond donors (Lipinski definition) is 1. The molecule has 0 heterocycles. The second kappa shape index (κ2) is 4.60. The van der Waals surface area contributed by atoms with Gasteiger partial charge < -0.3 is 5.32 Å². The number of benzene rings is 1. The number of carbonyl (C=O) groups is 1. The number of halogens is 1. The first-order chi connectivity index (χ1) is 6.22. The SMILES string of the molecule is CC[CH]C(=O)Nc1ccc(F)cc1. The predicted octanol–water partition coefficient (Wildman–Crippen LogP) is 2.38. The highest BCUT2D eigenvalue weighted by Gasteiger charge is 2.00. The summed E-state index contributed by atoms with van der Waals surface area (Å²) in [6.07, 6.45) is 2.22. The van der Waals surface area contributed by atoms with Gasteiger partial charge in [0.05, 0.1) is 0 Å². The van der Waals surface area contributed by atoms with Crippen molar-refractivity contribution < 1.29 is 9.18 Å². The van der Waals surface area contributed by atoms with Gasteiger partial charge in [-0.25, -0.2) is 4.39 Å². The van der Waals surface area contributed by atoms with E-state index in [1.165, 1.54) is 30.7 Å². The van der Waals surface area contributed by atoms with Gasteiger partial charge in [0.15, 0.2) is 0 Å². The van der Waals surface area contributed by atoms with Crippen molar-refractivity contribution in [3.05, 3.63) is 36.5 Å². The maximum absolute atomic E-state index is 12.5. The van der Waals surface area contributed by atoms with Crippen molar-refractivity contribution in [2.75, 3.05) is 5.32 Å². The fourth-order valence-electron chi connectivity index (χ4n) is 0.912. The molecule has 0 bridgehead atoms. The molecular weight excluding hydrogens is 169 g/mol. The maximum atomic E-state index is 12.5. The third-order valence-electron chi connectivity index (χ3n) is 1.50. The Morgan fingerprint density at radius 2 is 2.08 bits per heavy atom. The van der Waals surface area contributed by atoms with Gasteiger partial charge in [0.25, 0.3) is 0 Å². The summed E-state index contributed by atoms with van der Waals surface area (Å²) in [5.41, 5.74) is 0.608. The molecule has 0 saturated carbocycles. The number of anilines is 1. The summed E-state index contributed by atoms with van der Waals surface area (Å²) in [7, 11) is 0. The number of carbonyl (C=O) groups excluding carboxylic acids is 1. The Morgan fingerprint density at radius 3 is 2.62 bits per heavy atom. The first kappa shape index (κ1) is 9.71. The van der Waals surface area contributed by atoms with Gasteiger partial charge in [0.1, 0.15) is 5.82 Å². The van der Waals surface area contributed by atoms with E-state index in [0.29, 0.717) is 12.1 Å². The Bertz CT molecular complexity index is 281. The van der Waals surface area contributed by atoms with Crippen molar-refractivity contribution in [2.45, 2.75) is 13.3 Å². The quantitative estimate of drug-likeness (QED) is 0.760. The highest BCUT2D eigenvalue weighted by Crippen LogP contribution is 2.08. The van der Waals surface area contributed by atoms with Gasteiger partial charge in [0, 0.05) is 12.1 Å². The lowest BCUT2D eigenvalue weighted by Gasteiger charge is -2.02. The Kier molecular flexibility index (Phi) is 3.43. The minimum atomic E-state index is -0.308. The first-order valence-corrected chi connectivity index (χ1v) is 4.12. The van der Waals surface area contributed by atoms with Gasteiger partial charge in [-0.05, 0) is 30.7 Å². The van der Waals surface area contributed by atoms with Crippen LogP contribution in [-0.4, -0.2) is 5.91 Å². The van der Waals surface area contributed by atoms with Gasteiger partial charge in [0.2, 0.25) is 5.91 Å². The van der Waals surface area contributed by atoms with Crippen molar-refractivity contribution in [1.82, 2.24) is 0 Å². The molecule has 0 spiro atoms. The van der Waals surface area contributed by atoms with E-state index >= 15 is 0 Å². The van der Waals surface area contributed by atoms with Crippen LogP contribution in [0.25, 0.3) is 0 Å². The Hall–Kier alpha value is -1.38.